The van der Waals surface area contributed by atoms with Gasteiger partial charge in [-0.25, -0.2) is 9.78 Å². The largest absolute Gasteiger partial charge is 0.400 e. The zero-order valence-corrected chi connectivity index (χ0v) is 21.9. The molecule has 8 heteroatoms. The van der Waals surface area contributed by atoms with Gasteiger partial charge in [-0.15, -0.1) is 11.3 Å². The van der Waals surface area contributed by atoms with Gasteiger partial charge in [0.1, 0.15) is 11.1 Å². The van der Waals surface area contributed by atoms with Crippen molar-refractivity contribution in [3.05, 3.63) is 58.4 Å². The summed E-state index contributed by atoms with van der Waals surface area (Å²) in [5, 5.41) is 13.6. The Labute approximate surface area is 217 Å². The number of allylic oxidation sites excluding steroid dienone is 2. The molecule has 2 atom stereocenters. The standard InChI is InChI=1S/C28H36N4O3S/c1-17(2)35-25-9-6-19(14-23(25)29)27-30-15-26(36-27)22-5-3-4-21-20(22)7-8-24(21)31-28(34)32-12-10-18(16-33)11-13-32/h3-6,14-15,17-18,24-25,33H,7-13,16,29H2,1-2H3,(H,31,34)/t24-,25?/m0/s1. The summed E-state index contributed by atoms with van der Waals surface area (Å²) in [7, 11) is 0. The molecule has 3 aliphatic rings. The van der Waals surface area contributed by atoms with Crippen molar-refractivity contribution in [2.45, 2.75) is 64.2 Å². The van der Waals surface area contributed by atoms with Crippen LogP contribution in [0.5, 0.6) is 0 Å². The van der Waals surface area contributed by atoms with E-state index < -0.39 is 0 Å². The first-order valence-electron chi connectivity index (χ1n) is 13.0. The van der Waals surface area contributed by atoms with Gasteiger partial charge in [0.2, 0.25) is 0 Å². The van der Waals surface area contributed by atoms with Gasteiger partial charge in [0.15, 0.2) is 0 Å². The van der Waals surface area contributed by atoms with E-state index in [0.29, 0.717) is 19.0 Å². The Morgan fingerprint density at radius 2 is 2.11 bits per heavy atom. The maximum atomic E-state index is 12.9. The number of hydrogen-bond acceptors (Lipinski definition) is 6. The Morgan fingerprint density at radius 3 is 2.83 bits per heavy atom. The number of aliphatic hydroxyl groups excluding tert-OH is 1. The van der Waals surface area contributed by atoms with Crippen molar-refractivity contribution in [3.8, 4) is 10.4 Å². The molecular formula is C28H36N4O3S. The SMILES string of the molecule is CC(C)OC1CC=C(c2ncc(-c3cccc4c3CC[C@@H]4NC(=O)N3CCC(CO)CC3)s2)C=C1N. The number of likely N-dealkylation sites (tertiary alicyclic amines) is 1. The van der Waals surface area contributed by atoms with Crippen LogP contribution >= 0.6 is 11.3 Å². The van der Waals surface area contributed by atoms with Crippen LogP contribution in [-0.4, -0.2) is 52.9 Å². The molecule has 1 saturated heterocycles. The number of nitrogens with one attached hydrogen (secondary N) is 1. The third-order valence-corrected chi connectivity index (χ3v) is 8.51. The fraction of sp³-hybridized carbons (Fsp3) is 0.500. The Balaban J connectivity index is 1.29. The second kappa shape index (κ2) is 10.7. The molecule has 0 saturated carbocycles. The molecule has 7 nitrogen and oxygen atoms in total. The first kappa shape index (κ1) is 25.0. The van der Waals surface area contributed by atoms with Crippen LogP contribution in [0.25, 0.3) is 16.0 Å². The molecule has 1 unspecified atom stereocenters. The molecule has 1 fully saturated rings. The van der Waals surface area contributed by atoms with E-state index in [2.05, 4.69) is 29.6 Å². The minimum absolute atomic E-state index is 0.00285. The number of carbonyl (C=O) groups excluding carboxylic acids is 1. The molecule has 192 valence electrons. The number of ether oxygens (including phenoxy) is 1. The lowest BCUT2D eigenvalue weighted by molar-refractivity contribution is 0.0295. The van der Waals surface area contributed by atoms with Crippen LogP contribution in [0.2, 0.25) is 0 Å². The molecule has 1 aliphatic heterocycles. The number of aromatic nitrogens is 1. The number of benzene rings is 1. The smallest absolute Gasteiger partial charge is 0.317 e. The zero-order valence-electron chi connectivity index (χ0n) is 21.1. The number of piperidine rings is 1. The number of carbonyl (C=O) groups is 1. The average Bonchev–Trinajstić information content (AvgIpc) is 3.53. The maximum Gasteiger partial charge on any atom is 0.317 e. The monoisotopic (exact) mass is 508 g/mol. The average molecular weight is 509 g/mol. The number of fused-ring (bicyclic) bond motifs is 1. The van der Waals surface area contributed by atoms with E-state index in [0.717, 1.165) is 53.3 Å². The Hall–Kier alpha value is -2.68. The lowest BCUT2D eigenvalue weighted by Crippen LogP contribution is -2.45. The molecule has 4 N–H and O–H groups in total. The second-order valence-corrected chi connectivity index (χ2v) is 11.3. The fourth-order valence-electron chi connectivity index (χ4n) is 5.44. The van der Waals surface area contributed by atoms with Crippen LogP contribution in [-0.2, 0) is 11.2 Å². The highest BCUT2D eigenvalue weighted by atomic mass is 32.1. The molecule has 5 rings (SSSR count). The number of thiazole rings is 1. The normalized spacial score (nSPS) is 22.4. The first-order valence-corrected chi connectivity index (χ1v) is 13.8. The molecule has 1 aromatic heterocycles. The predicted octanol–water partition coefficient (Wildman–Crippen LogP) is 4.63. The molecule has 1 aromatic carbocycles. The summed E-state index contributed by atoms with van der Waals surface area (Å²) in [5.41, 5.74) is 11.8. The minimum atomic E-state index is -0.0706. The highest BCUT2D eigenvalue weighted by Crippen LogP contribution is 2.41. The summed E-state index contributed by atoms with van der Waals surface area (Å²) >= 11 is 1.68. The van der Waals surface area contributed by atoms with Crippen LogP contribution < -0.4 is 11.1 Å². The van der Waals surface area contributed by atoms with Gasteiger partial charge in [0, 0.05) is 37.2 Å². The quantitative estimate of drug-likeness (QED) is 0.528. The van der Waals surface area contributed by atoms with E-state index in [1.165, 1.54) is 16.7 Å². The molecule has 0 bridgehead atoms. The Morgan fingerprint density at radius 1 is 1.31 bits per heavy atom. The lowest BCUT2D eigenvalue weighted by atomic mass is 9.98. The molecule has 0 radical (unpaired) electrons. The molecule has 36 heavy (non-hydrogen) atoms. The lowest BCUT2D eigenvalue weighted by Gasteiger charge is -2.32. The topological polar surface area (TPSA) is 101 Å². The fourth-order valence-corrected chi connectivity index (χ4v) is 6.42. The van der Waals surface area contributed by atoms with Gasteiger partial charge in [0.25, 0.3) is 0 Å². The van der Waals surface area contributed by atoms with Crippen LogP contribution in [0.4, 0.5) is 4.79 Å². The zero-order chi connectivity index (χ0) is 25.2. The van der Waals surface area contributed by atoms with Gasteiger partial charge in [-0.2, -0.15) is 0 Å². The van der Waals surface area contributed by atoms with Crippen molar-refractivity contribution >= 4 is 22.9 Å². The third-order valence-electron chi connectivity index (χ3n) is 7.43. The number of urea groups is 1. The van der Waals surface area contributed by atoms with Crippen LogP contribution in [0, 0.1) is 5.92 Å². The number of nitrogens with zero attached hydrogens (tertiary/aromatic N) is 2. The predicted molar refractivity (Wildman–Crippen MR) is 143 cm³/mol. The Kier molecular flexibility index (Phi) is 7.46. The first-order chi connectivity index (χ1) is 17.4. The highest BCUT2D eigenvalue weighted by molar-refractivity contribution is 7.16. The number of amides is 2. The number of aliphatic hydroxyl groups is 1. The van der Waals surface area contributed by atoms with Gasteiger partial charge in [-0.05, 0) is 74.6 Å². The number of rotatable bonds is 6. The van der Waals surface area contributed by atoms with E-state index in [9.17, 15) is 9.90 Å². The summed E-state index contributed by atoms with van der Waals surface area (Å²) in [4.78, 5) is 20.7. The molecule has 2 amide bonds. The van der Waals surface area contributed by atoms with Crippen LogP contribution in [0.1, 0.15) is 61.7 Å². The van der Waals surface area contributed by atoms with Crippen molar-refractivity contribution < 1.29 is 14.6 Å². The summed E-state index contributed by atoms with van der Waals surface area (Å²) < 4.78 is 5.90. The van der Waals surface area contributed by atoms with E-state index in [-0.39, 0.29) is 30.9 Å². The van der Waals surface area contributed by atoms with Crippen molar-refractivity contribution in [2.24, 2.45) is 11.7 Å². The third kappa shape index (κ3) is 5.21. The van der Waals surface area contributed by atoms with Crippen molar-refractivity contribution in [1.29, 1.82) is 0 Å². The van der Waals surface area contributed by atoms with Gasteiger partial charge in [0.05, 0.1) is 17.0 Å². The van der Waals surface area contributed by atoms with Crippen LogP contribution in [0.15, 0.2) is 42.2 Å². The van der Waals surface area contributed by atoms with Gasteiger partial charge in [-0.1, -0.05) is 24.3 Å². The summed E-state index contributed by atoms with van der Waals surface area (Å²) in [5.74, 6) is 0.319. The van der Waals surface area contributed by atoms with E-state index in [1.54, 1.807) is 11.3 Å². The summed E-state index contributed by atoms with van der Waals surface area (Å²) in [6.07, 6.45) is 10.5. The molecular weight excluding hydrogens is 472 g/mol. The van der Waals surface area contributed by atoms with Gasteiger partial charge in [-0.3, -0.25) is 0 Å². The summed E-state index contributed by atoms with van der Waals surface area (Å²) in [6.45, 7) is 5.67. The van der Waals surface area contributed by atoms with Crippen LogP contribution in [0.3, 0.4) is 0 Å². The maximum absolute atomic E-state index is 12.9. The van der Waals surface area contributed by atoms with Crippen molar-refractivity contribution in [2.75, 3.05) is 19.7 Å². The van der Waals surface area contributed by atoms with Gasteiger partial charge < -0.3 is 25.8 Å². The van der Waals surface area contributed by atoms with E-state index in [4.69, 9.17) is 15.5 Å². The molecule has 2 aliphatic carbocycles. The Bertz CT molecular complexity index is 1160. The van der Waals surface area contributed by atoms with Crippen molar-refractivity contribution in [3.63, 3.8) is 0 Å². The van der Waals surface area contributed by atoms with E-state index >= 15 is 0 Å². The number of hydrogen-bond donors (Lipinski definition) is 3. The van der Waals surface area contributed by atoms with Gasteiger partial charge >= 0.3 is 6.03 Å². The molecule has 2 aromatic rings. The summed E-state index contributed by atoms with van der Waals surface area (Å²) in [6, 6.07) is 6.40. The minimum Gasteiger partial charge on any atom is -0.400 e. The second-order valence-electron chi connectivity index (χ2n) is 10.3. The molecule has 2 heterocycles. The van der Waals surface area contributed by atoms with E-state index in [1.807, 2.05) is 31.0 Å². The number of nitrogens with two attached hydrogens (primary N) is 1. The highest BCUT2D eigenvalue weighted by Gasteiger charge is 2.30. The molecule has 0 spiro atoms. The van der Waals surface area contributed by atoms with Crippen molar-refractivity contribution in [1.82, 2.24) is 15.2 Å².